The minimum atomic E-state index is -0.338. The predicted molar refractivity (Wildman–Crippen MR) is 131 cm³/mol. The zero-order valence-corrected chi connectivity index (χ0v) is 19.9. The number of carbonyl (C=O) groups excluding carboxylic acids is 1. The number of methoxy groups -OCH3 is 2. The van der Waals surface area contributed by atoms with E-state index >= 15 is 0 Å². The molecule has 35 heavy (non-hydrogen) atoms. The molecule has 3 aromatic carbocycles. The Morgan fingerprint density at radius 1 is 1.09 bits per heavy atom. The molecule has 1 amide bonds. The molecule has 0 unspecified atom stereocenters. The van der Waals surface area contributed by atoms with Crippen LogP contribution in [0.15, 0.2) is 83.1 Å². The molecule has 0 aliphatic heterocycles. The summed E-state index contributed by atoms with van der Waals surface area (Å²) in [7, 11) is 3.04. The summed E-state index contributed by atoms with van der Waals surface area (Å²) in [6.07, 6.45) is 1.30. The van der Waals surface area contributed by atoms with Crippen molar-refractivity contribution in [3.05, 3.63) is 78.4 Å². The topological polar surface area (TPSA) is 116 Å². The standard InChI is InChI=1S/C25H23N5O4S/c1-33-20-13-11-17(12-14-20)24-28-29-25(30(24)19-8-4-3-5-9-19)35-16-22(31)27-26-15-18-7-6-10-21(34-2)23(18)32/h3-15H,16H2,1-2H3,(H2,26,27,31,32). The summed E-state index contributed by atoms with van der Waals surface area (Å²) in [5.74, 6) is 1.17. The van der Waals surface area contributed by atoms with Gasteiger partial charge in [0, 0.05) is 0 Å². The van der Waals surface area contributed by atoms with Crippen molar-refractivity contribution in [3.8, 4) is 34.3 Å². The van der Waals surface area contributed by atoms with Gasteiger partial charge in [0.25, 0.3) is 11.7 Å². The van der Waals surface area contributed by atoms with Gasteiger partial charge in [-0.25, -0.2) is 5.43 Å². The molecule has 0 radical (unpaired) electrons. The highest BCUT2D eigenvalue weighted by Gasteiger charge is 2.24. The average Bonchev–Trinajstić information content (AvgIpc) is 3.33. The van der Waals surface area contributed by atoms with Gasteiger partial charge in [0.15, 0.2) is 0 Å². The van der Waals surface area contributed by atoms with E-state index in [1.165, 1.54) is 25.1 Å². The Labute approximate surface area is 206 Å². The fourth-order valence-electron chi connectivity index (χ4n) is 3.28. The molecule has 0 saturated carbocycles. The lowest BCUT2D eigenvalue weighted by atomic mass is 10.2. The fourth-order valence-corrected chi connectivity index (χ4v) is 4.04. The highest BCUT2D eigenvalue weighted by atomic mass is 32.2. The van der Waals surface area contributed by atoms with Gasteiger partial charge in [-0.05, 0) is 59.8 Å². The van der Waals surface area contributed by atoms with Crippen LogP contribution in [-0.2, 0) is 4.79 Å². The molecule has 0 bridgehead atoms. The molecule has 1 aromatic heterocycles. The second kappa shape index (κ2) is 11.2. The lowest BCUT2D eigenvalue weighted by Gasteiger charge is -2.14. The van der Waals surface area contributed by atoms with Crippen molar-refractivity contribution in [2.45, 2.75) is 5.16 Å². The molecule has 9 nitrogen and oxygen atoms in total. The van der Waals surface area contributed by atoms with Gasteiger partial charge >= 0.3 is 5.16 Å². The van der Waals surface area contributed by atoms with Crippen LogP contribution in [0.4, 0.5) is 0 Å². The molecule has 10 heteroatoms. The normalized spacial score (nSPS) is 10.9. The van der Waals surface area contributed by atoms with Crippen molar-refractivity contribution in [3.63, 3.8) is 0 Å². The minimum Gasteiger partial charge on any atom is -0.870 e. The number of carbonyl (C=O) groups is 1. The number of benzene rings is 3. The van der Waals surface area contributed by atoms with Crippen LogP contribution >= 0.6 is 11.8 Å². The lowest BCUT2D eigenvalue weighted by Crippen LogP contribution is -2.34. The van der Waals surface area contributed by atoms with Gasteiger partial charge in [-0.1, -0.05) is 36.1 Å². The third kappa shape index (κ3) is 5.61. The Kier molecular flexibility index (Phi) is 7.63. The highest BCUT2D eigenvalue weighted by Crippen LogP contribution is 2.25. The van der Waals surface area contributed by atoms with Crippen molar-refractivity contribution in [1.29, 1.82) is 0 Å². The summed E-state index contributed by atoms with van der Waals surface area (Å²) in [6.45, 7) is 0. The second-order valence-corrected chi connectivity index (χ2v) is 8.16. The van der Waals surface area contributed by atoms with Gasteiger partial charge in [0.1, 0.15) is 17.2 Å². The van der Waals surface area contributed by atoms with Crippen LogP contribution in [0.1, 0.15) is 5.56 Å². The molecule has 0 aliphatic carbocycles. The number of nitrogens with one attached hydrogen (secondary N) is 2. The summed E-state index contributed by atoms with van der Waals surface area (Å²) in [5.41, 5.74) is 4.57. The van der Waals surface area contributed by atoms with Gasteiger partial charge < -0.3 is 14.6 Å². The van der Waals surface area contributed by atoms with E-state index in [0.29, 0.717) is 10.7 Å². The van der Waals surface area contributed by atoms with Crippen molar-refractivity contribution in [1.82, 2.24) is 15.6 Å². The molecule has 0 aliphatic rings. The third-order valence-electron chi connectivity index (χ3n) is 5.00. The van der Waals surface area contributed by atoms with Crippen LogP contribution in [0.3, 0.4) is 0 Å². The molecule has 4 rings (SSSR count). The van der Waals surface area contributed by atoms with Crippen molar-refractivity contribution < 1.29 is 23.9 Å². The first-order valence-corrected chi connectivity index (χ1v) is 11.6. The third-order valence-corrected chi connectivity index (χ3v) is 5.94. The number of hydrogen-bond donors (Lipinski definition) is 2. The zero-order valence-electron chi connectivity index (χ0n) is 19.1. The number of ether oxygens (including phenoxy) is 2. The summed E-state index contributed by atoms with van der Waals surface area (Å²) < 4.78 is 12.2. The number of aromatic amines is 1. The van der Waals surface area contributed by atoms with Gasteiger partial charge in [-0.2, -0.15) is 9.67 Å². The minimum absolute atomic E-state index is 0.0689. The van der Waals surface area contributed by atoms with E-state index < -0.39 is 0 Å². The Morgan fingerprint density at radius 3 is 2.57 bits per heavy atom. The van der Waals surface area contributed by atoms with Crippen molar-refractivity contribution >= 4 is 23.9 Å². The van der Waals surface area contributed by atoms with Crippen LogP contribution in [0.25, 0.3) is 17.1 Å². The number of hydrogen-bond acceptors (Lipinski definition) is 7. The van der Waals surface area contributed by atoms with Crippen molar-refractivity contribution in [2.75, 3.05) is 20.0 Å². The molecule has 4 aromatic rings. The molecule has 0 fully saturated rings. The SMILES string of the molecule is COc1ccc(-c2[nH]nc(SCC(=O)N/N=C\c3cccc(OC)c3[O-])[n+]2-c2ccccc2)cc1. The van der Waals surface area contributed by atoms with E-state index in [-0.39, 0.29) is 23.2 Å². The fraction of sp³-hybridized carbons (Fsp3) is 0.120. The maximum atomic E-state index is 12.4. The van der Waals surface area contributed by atoms with Crippen LogP contribution in [0.5, 0.6) is 17.2 Å². The van der Waals surface area contributed by atoms with E-state index in [2.05, 4.69) is 20.7 Å². The van der Waals surface area contributed by atoms with E-state index in [9.17, 15) is 9.90 Å². The number of aromatic nitrogens is 3. The molecule has 0 atom stereocenters. The maximum absolute atomic E-state index is 12.4. The molecule has 1 heterocycles. The maximum Gasteiger partial charge on any atom is 0.342 e. The Morgan fingerprint density at radius 2 is 1.86 bits per heavy atom. The lowest BCUT2D eigenvalue weighted by molar-refractivity contribution is -0.625. The number of amides is 1. The Bertz CT molecular complexity index is 1320. The van der Waals surface area contributed by atoms with E-state index in [4.69, 9.17) is 9.47 Å². The monoisotopic (exact) mass is 489 g/mol. The van der Waals surface area contributed by atoms with Crippen molar-refractivity contribution in [2.24, 2.45) is 5.10 Å². The first-order chi connectivity index (χ1) is 17.1. The van der Waals surface area contributed by atoms with E-state index in [0.717, 1.165) is 22.8 Å². The predicted octanol–water partition coefficient (Wildman–Crippen LogP) is 2.69. The van der Waals surface area contributed by atoms with Gasteiger partial charge in [-0.15, -0.1) is 5.10 Å². The van der Waals surface area contributed by atoms with Crippen LogP contribution < -0.4 is 24.6 Å². The highest BCUT2D eigenvalue weighted by molar-refractivity contribution is 7.99. The largest absolute Gasteiger partial charge is 0.870 e. The number of thioether (sulfide) groups is 1. The number of nitrogens with zero attached hydrogens (tertiary/aromatic N) is 3. The molecular weight excluding hydrogens is 466 g/mol. The Hall–Kier alpha value is -4.31. The van der Waals surface area contributed by atoms with Crippen LogP contribution in [-0.4, -0.2) is 42.3 Å². The van der Waals surface area contributed by atoms with E-state index in [1.807, 2.05) is 59.2 Å². The van der Waals surface area contributed by atoms with Crippen LogP contribution in [0, 0.1) is 0 Å². The average molecular weight is 490 g/mol. The summed E-state index contributed by atoms with van der Waals surface area (Å²) in [5, 5.41) is 24.2. The number of hydrazone groups is 1. The smallest absolute Gasteiger partial charge is 0.342 e. The molecular formula is C25H23N5O4S. The van der Waals surface area contributed by atoms with E-state index in [1.54, 1.807) is 25.3 Å². The molecule has 0 spiro atoms. The van der Waals surface area contributed by atoms with Gasteiger partial charge in [0.05, 0.1) is 36.8 Å². The number of rotatable bonds is 9. The van der Waals surface area contributed by atoms with Crippen LogP contribution in [0.2, 0.25) is 0 Å². The number of para-hydroxylation sites is 2. The van der Waals surface area contributed by atoms with Gasteiger partial charge in [0.2, 0.25) is 0 Å². The Balaban J connectivity index is 1.49. The van der Waals surface area contributed by atoms with Gasteiger partial charge in [-0.3, -0.25) is 4.79 Å². The first-order valence-electron chi connectivity index (χ1n) is 10.6. The molecule has 0 saturated heterocycles. The quantitative estimate of drug-likeness (QED) is 0.162. The molecule has 2 N–H and O–H groups in total. The summed E-state index contributed by atoms with van der Waals surface area (Å²) >= 11 is 1.26. The first kappa shape index (κ1) is 23.8. The second-order valence-electron chi connectivity index (χ2n) is 7.21. The summed E-state index contributed by atoms with van der Waals surface area (Å²) in [6, 6.07) is 22.2. The summed E-state index contributed by atoms with van der Waals surface area (Å²) in [4.78, 5) is 12.4. The molecule has 178 valence electrons. The zero-order chi connectivity index (χ0) is 24.6. The number of H-pyrrole nitrogens is 1.